The normalized spacial score (nSPS) is 16.8. The molecule has 8 bridgehead atoms. The minimum atomic E-state index is 0.651. The second-order valence-corrected chi connectivity index (χ2v) is 19.1. The molecule has 12 nitrogen and oxygen atoms in total. The first kappa shape index (κ1) is 42.9. The topological polar surface area (TPSA) is 123 Å². The quantitative estimate of drug-likeness (QED) is 0.152. The summed E-state index contributed by atoms with van der Waals surface area (Å²) in [6, 6.07) is 24.5. The SMILES string of the molecule is CN1C=C(c2ccco2)C=C(c2c3nc(c(C4=CC(c5ccco5)=CN(C)C4)c4ccc([nH]4)c(C4=CC(c5ccco5)=CN(C)C4)c4nc(c(C5=CC(c6ccco6)=CN(C)C5)c5ccc2[nH]5)C=C4)C=C3)C1. The smallest absolute Gasteiger partial charge is 0.135 e. The standard InChI is InChI=1S/C60H50N8O4/c1-65-29-37(53-9-5-21-69-53)25-41(33-65)57-45-13-15-47(61-45)58(42-26-38(30-66(2)34-42)54-10-6-22-70-54)49-17-19-51(63-49)60(44-28-40(32-68(4)36-44)56-12-8-24-72-56)52-20-18-50(64-52)59(48-16-14-46(57)62-48)43-27-39(31-67(3)35-43)55-11-7-23-71-55/h5-32,61,64H,33-36H2,1-4H3. The third-order valence-corrected chi connectivity index (χ3v) is 13.7. The highest BCUT2D eigenvalue weighted by molar-refractivity contribution is 6.01. The maximum absolute atomic E-state index is 5.98. The molecule has 0 amide bonds. The average molecular weight is 947 g/mol. The van der Waals surface area contributed by atoms with E-state index in [9.17, 15) is 0 Å². The Morgan fingerprint density at radius 3 is 0.833 bits per heavy atom. The van der Waals surface area contributed by atoms with Crippen molar-refractivity contribution >= 4 is 91.0 Å². The molecule has 13 heterocycles. The number of aromatic amines is 2. The van der Waals surface area contributed by atoms with E-state index in [1.165, 1.54) is 0 Å². The van der Waals surface area contributed by atoms with Gasteiger partial charge in [0.05, 0.1) is 47.8 Å². The van der Waals surface area contributed by atoms with Gasteiger partial charge in [-0.1, -0.05) is 0 Å². The summed E-state index contributed by atoms with van der Waals surface area (Å²) in [5.74, 6) is 3.19. The van der Waals surface area contributed by atoms with Crippen molar-refractivity contribution in [2.45, 2.75) is 0 Å². The molecular weight excluding hydrogens is 897 g/mol. The predicted octanol–water partition coefficient (Wildman–Crippen LogP) is 12.5. The number of furan rings is 4. The second-order valence-electron chi connectivity index (χ2n) is 19.1. The molecule has 0 fully saturated rings. The molecular formula is C60H50N8O4. The van der Waals surface area contributed by atoms with Crippen molar-refractivity contribution in [2.24, 2.45) is 0 Å². The number of allylic oxidation sites excluding steroid dienone is 8. The molecule has 0 atom stereocenters. The van der Waals surface area contributed by atoms with Crippen LogP contribution in [0.1, 0.15) is 68.1 Å². The number of H-pyrrole nitrogens is 2. The average Bonchev–Trinajstić information content (AvgIpc) is 4.21. The number of rotatable bonds is 8. The Morgan fingerprint density at radius 1 is 0.361 bits per heavy atom. The Bertz CT molecular complexity index is 3310. The Balaban J connectivity index is 1.14. The van der Waals surface area contributed by atoms with Crippen molar-refractivity contribution in [1.29, 1.82) is 0 Å². The fraction of sp³-hybridized carbons (Fsp3) is 0.133. The summed E-state index contributed by atoms with van der Waals surface area (Å²) in [4.78, 5) is 28.1. The lowest BCUT2D eigenvalue weighted by molar-refractivity contribution is 0.507. The molecule has 72 heavy (non-hydrogen) atoms. The molecule has 7 aromatic rings. The zero-order valence-electron chi connectivity index (χ0n) is 40.3. The molecule has 0 unspecified atom stereocenters. The van der Waals surface area contributed by atoms with E-state index < -0.39 is 0 Å². The number of likely N-dealkylation sites (N-methyl/N-ethyl adjacent to an activating group) is 4. The first-order valence-electron chi connectivity index (χ1n) is 24.1. The van der Waals surface area contributed by atoms with Crippen LogP contribution in [0.5, 0.6) is 0 Å². The van der Waals surface area contributed by atoms with Gasteiger partial charge in [-0.2, -0.15) is 0 Å². The van der Waals surface area contributed by atoms with Gasteiger partial charge >= 0.3 is 0 Å². The largest absolute Gasteiger partial charge is 0.464 e. The van der Waals surface area contributed by atoms with Crippen LogP contribution in [0.2, 0.25) is 0 Å². The van der Waals surface area contributed by atoms with E-state index in [1.807, 2.05) is 48.5 Å². The number of nitrogens with one attached hydrogen (secondary N) is 2. The van der Waals surface area contributed by atoms with E-state index in [0.29, 0.717) is 26.2 Å². The molecule has 0 saturated heterocycles. The summed E-state index contributed by atoms with van der Waals surface area (Å²) < 4.78 is 23.9. The van der Waals surface area contributed by atoms with E-state index >= 15 is 0 Å². The lowest BCUT2D eigenvalue weighted by Gasteiger charge is -2.24. The molecule has 354 valence electrons. The van der Waals surface area contributed by atoms with Crippen molar-refractivity contribution in [3.05, 3.63) is 215 Å². The van der Waals surface area contributed by atoms with Gasteiger partial charge in [-0.25, -0.2) is 9.97 Å². The molecule has 12 heteroatoms. The molecule has 0 spiro atoms. The third-order valence-electron chi connectivity index (χ3n) is 13.7. The molecule has 13 rings (SSSR count). The van der Waals surface area contributed by atoms with Crippen LogP contribution >= 0.6 is 0 Å². The lowest BCUT2D eigenvalue weighted by Crippen LogP contribution is -2.19. The summed E-state index contributed by atoms with van der Waals surface area (Å²) in [6.07, 6.45) is 33.0. The highest BCUT2D eigenvalue weighted by Gasteiger charge is 2.26. The molecule has 0 aliphatic carbocycles. The van der Waals surface area contributed by atoms with Gasteiger partial charge in [-0.3, -0.25) is 0 Å². The summed E-state index contributed by atoms with van der Waals surface area (Å²) in [7, 11) is 8.40. The number of aromatic nitrogens is 4. The van der Waals surface area contributed by atoms with Gasteiger partial charge in [0, 0.05) is 146 Å². The van der Waals surface area contributed by atoms with Crippen LogP contribution in [0.4, 0.5) is 0 Å². The molecule has 0 aromatic carbocycles. The lowest BCUT2D eigenvalue weighted by atomic mass is 9.97. The molecule has 6 aliphatic rings. The van der Waals surface area contributed by atoms with Gasteiger partial charge in [0.2, 0.25) is 0 Å². The number of nitrogens with zero attached hydrogens (tertiary/aromatic N) is 6. The molecule has 0 saturated carbocycles. The molecule has 6 aliphatic heterocycles. The van der Waals surface area contributed by atoms with E-state index in [1.54, 1.807) is 25.1 Å². The van der Waals surface area contributed by atoms with Crippen molar-refractivity contribution in [2.75, 3.05) is 54.4 Å². The molecule has 2 N–H and O–H groups in total. The van der Waals surface area contributed by atoms with E-state index in [4.69, 9.17) is 27.6 Å². The van der Waals surface area contributed by atoms with Crippen LogP contribution in [0.3, 0.4) is 0 Å². The Hall–Kier alpha value is -9.16. The maximum Gasteiger partial charge on any atom is 0.135 e. The minimum absolute atomic E-state index is 0.651. The van der Waals surface area contributed by atoms with Crippen LogP contribution in [0.25, 0.3) is 91.0 Å². The Morgan fingerprint density at radius 2 is 0.611 bits per heavy atom. The summed E-state index contributed by atoms with van der Waals surface area (Å²) in [5, 5.41) is 0. The highest BCUT2D eigenvalue weighted by atomic mass is 16.3. The summed E-state index contributed by atoms with van der Waals surface area (Å²) in [5.41, 5.74) is 19.4. The van der Waals surface area contributed by atoms with Crippen LogP contribution < -0.4 is 0 Å². The van der Waals surface area contributed by atoms with Crippen LogP contribution in [-0.2, 0) is 0 Å². The fourth-order valence-corrected chi connectivity index (χ4v) is 10.8. The molecule has 0 radical (unpaired) electrons. The van der Waals surface area contributed by atoms with Crippen molar-refractivity contribution in [3.8, 4) is 0 Å². The van der Waals surface area contributed by atoms with Crippen LogP contribution in [0, 0.1) is 0 Å². The van der Waals surface area contributed by atoms with Crippen molar-refractivity contribution in [1.82, 2.24) is 39.5 Å². The van der Waals surface area contributed by atoms with E-state index in [-0.39, 0.29) is 0 Å². The highest BCUT2D eigenvalue weighted by Crippen LogP contribution is 2.40. The third kappa shape index (κ3) is 7.83. The number of hydrogen-bond acceptors (Lipinski definition) is 10. The van der Waals surface area contributed by atoms with Crippen molar-refractivity contribution in [3.63, 3.8) is 0 Å². The fourth-order valence-electron chi connectivity index (χ4n) is 10.8. The van der Waals surface area contributed by atoms with Crippen LogP contribution in [-0.4, -0.2) is 93.9 Å². The van der Waals surface area contributed by atoms with Crippen molar-refractivity contribution < 1.29 is 17.7 Å². The zero-order chi connectivity index (χ0) is 48.5. The summed E-state index contributed by atoms with van der Waals surface area (Å²) in [6.45, 7) is 2.60. The van der Waals surface area contributed by atoms with Gasteiger partial charge in [-0.05, 0) is 144 Å². The van der Waals surface area contributed by atoms with E-state index in [0.717, 1.165) is 135 Å². The zero-order valence-corrected chi connectivity index (χ0v) is 40.3. The monoisotopic (exact) mass is 946 g/mol. The second kappa shape index (κ2) is 17.4. The van der Waals surface area contributed by atoms with E-state index in [2.05, 4.69) is 155 Å². The predicted molar refractivity (Wildman–Crippen MR) is 288 cm³/mol. The Labute approximate surface area is 415 Å². The minimum Gasteiger partial charge on any atom is -0.464 e. The maximum atomic E-state index is 5.98. The van der Waals surface area contributed by atoms with Gasteiger partial charge in [-0.15, -0.1) is 0 Å². The number of fused-ring (bicyclic) bond motifs is 8. The first-order chi connectivity index (χ1) is 35.2. The number of hydrogen-bond donors (Lipinski definition) is 2. The first-order valence-corrected chi connectivity index (χ1v) is 24.1. The molecule has 7 aromatic heterocycles. The van der Waals surface area contributed by atoms with Gasteiger partial charge in [0.25, 0.3) is 0 Å². The van der Waals surface area contributed by atoms with Gasteiger partial charge < -0.3 is 47.2 Å². The van der Waals surface area contributed by atoms with Gasteiger partial charge in [0.1, 0.15) is 23.0 Å². The van der Waals surface area contributed by atoms with Crippen LogP contribution in [0.15, 0.2) is 165 Å². The van der Waals surface area contributed by atoms with Gasteiger partial charge in [0.15, 0.2) is 0 Å². The Kier molecular flexibility index (Phi) is 10.3. The summed E-state index contributed by atoms with van der Waals surface area (Å²) >= 11 is 0.